The van der Waals surface area contributed by atoms with Crippen LogP contribution >= 0.6 is 23.2 Å². The molecule has 3 heteroatoms. The Morgan fingerprint density at radius 1 is 1.20 bits per heavy atom. The van der Waals surface area contributed by atoms with Gasteiger partial charge < -0.3 is 4.74 Å². The highest BCUT2D eigenvalue weighted by atomic mass is 35.5. The fraction of sp³-hybridized carbons (Fsp3) is 0.500. The molecule has 2 rings (SSSR count). The first-order chi connectivity index (χ1) is 7.20. The number of hydrogen-bond donors (Lipinski definition) is 0. The predicted molar refractivity (Wildman–Crippen MR) is 63.7 cm³/mol. The van der Waals surface area contributed by atoms with Gasteiger partial charge in [-0.05, 0) is 37.0 Å². The molecule has 0 aliphatic carbocycles. The maximum atomic E-state index is 5.94. The highest BCUT2D eigenvalue weighted by molar-refractivity contribution is 6.42. The molecule has 1 saturated heterocycles. The smallest absolute Gasteiger partial charge is 0.0845 e. The van der Waals surface area contributed by atoms with Gasteiger partial charge in [-0.3, -0.25) is 0 Å². The Morgan fingerprint density at radius 3 is 2.60 bits per heavy atom. The zero-order chi connectivity index (χ0) is 10.8. The van der Waals surface area contributed by atoms with E-state index in [2.05, 4.69) is 6.92 Å². The van der Waals surface area contributed by atoms with Gasteiger partial charge in [-0.1, -0.05) is 36.2 Å². The zero-order valence-electron chi connectivity index (χ0n) is 8.67. The summed E-state index contributed by atoms with van der Waals surface area (Å²) in [7, 11) is 0. The summed E-state index contributed by atoms with van der Waals surface area (Å²) < 4.78 is 5.48. The van der Waals surface area contributed by atoms with Gasteiger partial charge >= 0.3 is 0 Å². The molecule has 0 saturated carbocycles. The third kappa shape index (κ3) is 2.87. The minimum atomic E-state index is 0.462. The van der Waals surface area contributed by atoms with Crippen molar-refractivity contribution in [2.75, 3.05) is 0 Å². The molecule has 0 bridgehead atoms. The van der Waals surface area contributed by atoms with Crippen LogP contribution in [0.2, 0.25) is 10.0 Å². The molecule has 0 spiro atoms. The van der Waals surface area contributed by atoms with Gasteiger partial charge in [0.1, 0.15) is 0 Å². The van der Waals surface area contributed by atoms with Crippen molar-refractivity contribution in [2.24, 2.45) is 0 Å². The largest absolute Gasteiger partial charge is 0.370 e. The van der Waals surface area contributed by atoms with Crippen LogP contribution in [0.1, 0.15) is 25.3 Å². The summed E-state index contributed by atoms with van der Waals surface area (Å²) in [5.41, 5.74) is 1.23. The second-order valence-corrected chi connectivity index (χ2v) is 4.72. The van der Waals surface area contributed by atoms with Gasteiger partial charge in [0.2, 0.25) is 0 Å². The van der Waals surface area contributed by atoms with E-state index in [0.717, 1.165) is 19.3 Å². The number of epoxide rings is 1. The van der Waals surface area contributed by atoms with Crippen molar-refractivity contribution >= 4 is 23.2 Å². The normalized spacial score (nSPS) is 24.2. The molecule has 0 aromatic heterocycles. The Kier molecular flexibility index (Phi) is 3.55. The van der Waals surface area contributed by atoms with Gasteiger partial charge in [0.25, 0.3) is 0 Å². The van der Waals surface area contributed by atoms with Crippen LogP contribution in [0.25, 0.3) is 0 Å². The lowest BCUT2D eigenvalue weighted by molar-refractivity contribution is 0.360. The van der Waals surface area contributed by atoms with Gasteiger partial charge in [-0.25, -0.2) is 0 Å². The lowest BCUT2D eigenvalue weighted by Gasteiger charge is -2.01. The van der Waals surface area contributed by atoms with Crippen molar-refractivity contribution in [3.63, 3.8) is 0 Å². The molecule has 1 aliphatic heterocycles. The SMILES string of the molecule is CCC1OC1CCc1ccc(Cl)c(Cl)c1. The fourth-order valence-corrected chi connectivity index (χ4v) is 2.12. The van der Waals surface area contributed by atoms with Crippen LogP contribution in [0.15, 0.2) is 18.2 Å². The van der Waals surface area contributed by atoms with Gasteiger partial charge in [-0.15, -0.1) is 0 Å². The summed E-state index contributed by atoms with van der Waals surface area (Å²) in [6, 6.07) is 5.81. The number of benzene rings is 1. The van der Waals surface area contributed by atoms with E-state index in [1.807, 2.05) is 18.2 Å². The molecule has 2 unspecified atom stereocenters. The average molecular weight is 245 g/mol. The van der Waals surface area contributed by atoms with Gasteiger partial charge in [0.15, 0.2) is 0 Å². The lowest BCUT2D eigenvalue weighted by Crippen LogP contribution is -1.95. The zero-order valence-corrected chi connectivity index (χ0v) is 10.2. The Hall–Kier alpha value is -0.240. The summed E-state index contributed by atoms with van der Waals surface area (Å²) in [4.78, 5) is 0. The molecule has 0 N–H and O–H groups in total. The molecule has 1 nitrogen and oxygen atoms in total. The van der Waals surface area contributed by atoms with Crippen LogP contribution < -0.4 is 0 Å². The molecule has 2 atom stereocenters. The number of rotatable bonds is 4. The Morgan fingerprint density at radius 2 is 2.00 bits per heavy atom. The fourth-order valence-electron chi connectivity index (χ4n) is 1.80. The van der Waals surface area contributed by atoms with Crippen LogP contribution in [0.3, 0.4) is 0 Å². The number of halogens is 2. The summed E-state index contributed by atoms with van der Waals surface area (Å²) in [5.74, 6) is 0. The van der Waals surface area contributed by atoms with Crippen LogP contribution in [0.4, 0.5) is 0 Å². The molecular weight excluding hydrogens is 231 g/mol. The third-order valence-electron chi connectivity index (χ3n) is 2.79. The molecule has 82 valence electrons. The van der Waals surface area contributed by atoms with Gasteiger partial charge in [-0.2, -0.15) is 0 Å². The quantitative estimate of drug-likeness (QED) is 0.727. The van der Waals surface area contributed by atoms with E-state index in [9.17, 15) is 0 Å². The topological polar surface area (TPSA) is 12.5 Å². The molecule has 15 heavy (non-hydrogen) atoms. The maximum absolute atomic E-state index is 5.94. The van der Waals surface area contributed by atoms with E-state index in [0.29, 0.717) is 22.3 Å². The third-order valence-corrected chi connectivity index (χ3v) is 3.53. The van der Waals surface area contributed by atoms with Crippen molar-refractivity contribution in [3.05, 3.63) is 33.8 Å². The Labute approximate surface area is 100 Å². The number of aryl methyl sites for hydroxylation is 1. The van der Waals surface area contributed by atoms with E-state index >= 15 is 0 Å². The van der Waals surface area contributed by atoms with Crippen molar-refractivity contribution in [2.45, 2.75) is 38.4 Å². The number of ether oxygens (including phenoxy) is 1. The highest BCUT2D eigenvalue weighted by Gasteiger charge is 2.35. The molecule has 1 fully saturated rings. The van der Waals surface area contributed by atoms with E-state index in [1.165, 1.54) is 5.56 Å². The lowest BCUT2D eigenvalue weighted by atomic mass is 10.1. The minimum absolute atomic E-state index is 0.462. The van der Waals surface area contributed by atoms with Crippen LogP contribution in [0.5, 0.6) is 0 Å². The molecular formula is C12H14Cl2O. The maximum Gasteiger partial charge on any atom is 0.0845 e. The highest BCUT2D eigenvalue weighted by Crippen LogP contribution is 2.30. The van der Waals surface area contributed by atoms with Crippen LogP contribution in [-0.2, 0) is 11.2 Å². The molecule has 0 amide bonds. The minimum Gasteiger partial charge on any atom is -0.370 e. The van der Waals surface area contributed by atoms with Gasteiger partial charge in [0.05, 0.1) is 22.3 Å². The van der Waals surface area contributed by atoms with E-state index in [1.54, 1.807) is 0 Å². The second kappa shape index (κ2) is 4.73. The van der Waals surface area contributed by atoms with Crippen LogP contribution in [0, 0.1) is 0 Å². The summed E-state index contributed by atoms with van der Waals surface area (Å²) in [6.45, 7) is 2.16. The van der Waals surface area contributed by atoms with Gasteiger partial charge in [0, 0.05) is 0 Å². The van der Waals surface area contributed by atoms with Crippen molar-refractivity contribution in [1.29, 1.82) is 0 Å². The molecule has 1 aromatic rings. The van der Waals surface area contributed by atoms with E-state index in [-0.39, 0.29) is 0 Å². The van der Waals surface area contributed by atoms with E-state index < -0.39 is 0 Å². The van der Waals surface area contributed by atoms with Crippen LogP contribution in [-0.4, -0.2) is 12.2 Å². The standard InChI is InChI=1S/C12H14Cl2O/c1-2-11-12(15-11)6-4-8-3-5-9(13)10(14)7-8/h3,5,7,11-12H,2,4,6H2,1H3. The van der Waals surface area contributed by atoms with Crippen molar-refractivity contribution in [1.82, 2.24) is 0 Å². The number of hydrogen-bond acceptors (Lipinski definition) is 1. The predicted octanol–water partition coefficient (Wildman–Crippen LogP) is 4.10. The Bertz CT molecular complexity index is 351. The van der Waals surface area contributed by atoms with Crippen molar-refractivity contribution < 1.29 is 4.74 Å². The molecule has 1 aromatic carbocycles. The summed E-state index contributed by atoms with van der Waals surface area (Å²) >= 11 is 11.8. The summed E-state index contributed by atoms with van der Waals surface area (Å²) in [5, 5.41) is 1.26. The average Bonchev–Trinajstić information content (AvgIpc) is 2.98. The molecule has 0 radical (unpaired) electrons. The first-order valence-corrected chi connectivity index (χ1v) is 6.05. The van der Waals surface area contributed by atoms with Crippen molar-refractivity contribution in [3.8, 4) is 0 Å². The second-order valence-electron chi connectivity index (χ2n) is 3.91. The molecule has 1 heterocycles. The molecule has 1 aliphatic rings. The first-order valence-electron chi connectivity index (χ1n) is 5.30. The Balaban J connectivity index is 1.86. The first kappa shape index (κ1) is 11.3. The monoisotopic (exact) mass is 244 g/mol. The van der Waals surface area contributed by atoms with E-state index in [4.69, 9.17) is 27.9 Å². The summed E-state index contributed by atoms with van der Waals surface area (Å²) in [6.07, 6.45) is 4.16.